The number of esters is 1. The molecule has 1 heterocycles. The van der Waals surface area contributed by atoms with Crippen molar-refractivity contribution >= 4 is 17.8 Å². The lowest BCUT2D eigenvalue weighted by atomic mass is 10.0. The van der Waals surface area contributed by atoms with E-state index in [-0.39, 0.29) is 43.4 Å². The normalized spacial score (nSPS) is 16.6. The van der Waals surface area contributed by atoms with Crippen molar-refractivity contribution in [2.24, 2.45) is 5.92 Å². The van der Waals surface area contributed by atoms with Crippen LogP contribution in [0, 0.1) is 23.4 Å². The largest absolute Gasteiger partial charge is 0.459 e. The van der Waals surface area contributed by atoms with E-state index in [9.17, 15) is 27.6 Å². The van der Waals surface area contributed by atoms with Crippen LogP contribution in [0.15, 0.2) is 42.5 Å². The number of nitrogens with one attached hydrogen (secondary N) is 1. The lowest BCUT2D eigenvalue weighted by Crippen LogP contribution is -2.47. The molecule has 1 fully saturated rings. The fourth-order valence-corrected chi connectivity index (χ4v) is 3.85. The van der Waals surface area contributed by atoms with E-state index in [1.165, 1.54) is 41.3 Å². The summed E-state index contributed by atoms with van der Waals surface area (Å²) in [7, 11) is 0. The molecule has 182 valence electrons. The molecule has 0 spiro atoms. The average Bonchev–Trinajstić information content (AvgIpc) is 3.13. The monoisotopic (exact) mass is 476 g/mol. The summed E-state index contributed by atoms with van der Waals surface area (Å²) in [6.07, 6.45) is 0.504. The summed E-state index contributed by atoms with van der Waals surface area (Å²) in [6.45, 7) is 3.29. The topological polar surface area (TPSA) is 75.7 Å². The molecule has 2 amide bonds. The molecule has 34 heavy (non-hydrogen) atoms. The van der Waals surface area contributed by atoms with Crippen molar-refractivity contribution in [3.8, 4) is 0 Å². The first-order valence-corrected chi connectivity index (χ1v) is 11.1. The van der Waals surface area contributed by atoms with Gasteiger partial charge in [-0.2, -0.15) is 0 Å². The second-order valence-electron chi connectivity index (χ2n) is 8.65. The van der Waals surface area contributed by atoms with Crippen LogP contribution in [0.25, 0.3) is 0 Å². The molecule has 0 aromatic heterocycles. The fraction of sp³-hybridized carbons (Fsp3) is 0.400. The maximum Gasteiger partial charge on any atom is 0.329 e. The van der Waals surface area contributed by atoms with Crippen molar-refractivity contribution in [1.29, 1.82) is 0 Å². The first kappa shape index (κ1) is 25.3. The lowest BCUT2D eigenvalue weighted by molar-refractivity contribution is -0.150. The van der Waals surface area contributed by atoms with E-state index in [2.05, 4.69) is 5.32 Å². The van der Waals surface area contributed by atoms with Crippen LogP contribution in [-0.2, 0) is 32.3 Å². The van der Waals surface area contributed by atoms with E-state index in [0.717, 1.165) is 6.07 Å². The highest BCUT2D eigenvalue weighted by atomic mass is 19.2. The number of rotatable bonds is 9. The van der Waals surface area contributed by atoms with Crippen LogP contribution < -0.4 is 5.32 Å². The summed E-state index contributed by atoms with van der Waals surface area (Å²) in [5.74, 6) is -4.03. The Kier molecular flexibility index (Phi) is 8.31. The molecular formula is C25H27F3N2O4. The summed E-state index contributed by atoms with van der Waals surface area (Å²) < 4.78 is 45.9. The van der Waals surface area contributed by atoms with Gasteiger partial charge < -0.3 is 15.0 Å². The van der Waals surface area contributed by atoms with Crippen LogP contribution in [0.3, 0.4) is 0 Å². The van der Waals surface area contributed by atoms with Gasteiger partial charge in [0.15, 0.2) is 11.6 Å². The highest BCUT2D eigenvalue weighted by molar-refractivity contribution is 5.86. The van der Waals surface area contributed by atoms with E-state index >= 15 is 0 Å². The molecule has 1 saturated heterocycles. The quantitative estimate of drug-likeness (QED) is 0.558. The van der Waals surface area contributed by atoms with Gasteiger partial charge in [0, 0.05) is 31.0 Å². The Balaban J connectivity index is 1.59. The fourth-order valence-electron chi connectivity index (χ4n) is 3.85. The number of halogens is 3. The molecule has 0 radical (unpaired) electrons. The number of ether oxygens (including phenoxy) is 1. The zero-order valence-corrected chi connectivity index (χ0v) is 19.0. The third kappa shape index (κ3) is 6.36. The Bertz CT molecular complexity index is 1040. The van der Waals surface area contributed by atoms with Gasteiger partial charge in [0.05, 0.1) is 0 Å². The molecule has 1 aliphatic heterocycles. The lowest BCUT2D eigenvalue weighted by Gasteiger charge is -2.26. The average molecular weight is 476 g/mol. The molecule has 6 nitrogen and oxygen atoms in total. The highest BCUT2D eigenvalue weighted by Gasteiger charge is 2.34. The molecule has 0 saturated carbocycles. The third-order valence-corrected chi connectivity index (χ3v) is 5.78. The number of hydrogen-bond donors (Lipinski definition) is 1. The van der Waals surface area contributed by atoms with Crippen molar-refractivity contribution in [1.82, 2.24) is 10.2 Å². The van der Waals surface area contributed by atoms with E-state index < -0.39 is 41.4 Å². The highest BCUT2D eigenvalue weighted by Crippen LogP contribution is 2.25. The standard InChI is InChI=1S/C25H27F3N2O4/c1-15(2)24(25(33)34-14-16-6-8-18(26)9-7-16)29-21(31)12-19-10-11-22(32)30(19)13-17-4-3-5-20(27)23(17)28/h3-9,15,19,24H,10-14H2,1-2H3,(H,29,31)/t19-,24-/m0/s1. The van der Waals surface area contributed by atoms with Crippen molar-refractivity contribution in [3.05, 3.63) is 71.0 Å². The number of likely N-dealkylation sites (tertiary alicyclic amines) is 1. The van der Waals surface area contributed by atoms with Gasteiger partial charge in [0.25, 0.3) is 0 Å². The molecule has 0 bridgehead atoms. The van der Waals surface area contributed by atoms with Gasteiger partial charge in [-0.15, -0.1) is 0 Å². The maximum atomic E-state index is 14.1. The minimum atomic E-state index is -1.02. The van der Waals surface area contributed by atoms with E-state index in [1.54, 1.807) is 13.8 Å². The molecule has 2 aromatic rings. The van der Waals surface area contributed by atoms with E-state index in [0.29, 0.717) is 12.0 Å². The van der Waals surface area contributed by atoms with Gasteiger partial charge in [0.1, 0.15) is 18.5 Å². The van der Waals surface area contributed by atoms with Gasteiger partial charge in [0.2, 0.25) is 11.8 Å². The smallest absolute Gasteiger partial charge is 0.329 e. The van der Waals surface area contributed by atoms with E-state index in [1.807, 2.05) is 0 Å². The summed E-state index contributed by atoms with van der Waals surface area (Å²) in [5.41, 5.74) is 0.637. The van der Waals surface area contributed by atoms with Gasteiger partial charge in [-0.3, -0.25) is 9.59 Å². The van der Waals surface area contributed by atoms with Crippen LogP contribution >= 0.6 is 0 Å². The maximum absolute atomic E-state index is 14.1. The van der Waals surface area contributed by atoms with Crippen LogP contribution in [0.1, 0.15) is 44.2 Å². The van der Waals surface area contributed by atoms with Gasteiger partial charge in [-0.05, 0) is 36.1 Å². The number of hydrogen-bond acceptors (Lipinski definition) is 4. The number of nitrogens with zero attached hydrogens (tertiary/aromatic N) is 1. The van der Waals surface area contributed by atoms with Crippen molar-refractivity contribution < 1.29 is 32.3 Å². The minimum absolute atomic E-state index is 0.0325. The van der Waals surface area contributed by atoms with Gasteiger partial charge >= 0.3 is 5.97 Å². The zero-order chi connectivity index (χ0) is 24.8. The van der Waals surface area contributed by atoms with Crippen LogP contribution in [-0.4, -0.2) is 34.8 Å². The Morgan fingerprint density at radius 1 is 1.12 bits per heavy atom. The molecule has 0 aliphatic carbocycles. The predicted molar refractivity (Wildman–Crippen MR) is 118 cm³/mol. The molecule has 3 rings (SSSR count). The molecule has 0 unspecified atom stereocenters. The Morgan fingerprint density at radius 2 is 1.82 bits per heavy atom. The summed E-state index contributed by atoms with van der Waals surface area (Å²) in [6, 6.07) is 7.85. The van der Waals surface area contributed by atoms with Crippen LogP contribution in [0.2, 0.25) is 0 Å². The molecular weight excluding hydrogens is 449 g/mol. The molecule has 2 aromatic carbocycles. The Morgan fingerprint density at radius 3 is 2.50 bits per heavy atom. The summed E-state index contributed by atoms with van der Waals surface area (Å²) in [4.78, 5) is 39.0. The Hall–Kier alpha value is -3.36. The van der Waals surface area contributed by atoms with Crippen molar-refractivity contribution in [2.45, 2.75) is 58.3 Å². The molecule has 1 aliphatic rings. The van der Waals surface area contributed by atoms with Crippen LogP contribution in [0.4, 0.5) is 13.2 Å². The summed E-state index contributed by atoms with van der Waals surface area (Å²) in [5, 5.41) is 2.66. The number of benzene rings is 2. The first-order valence-electron chi connectivity index (χ1n) is 11.1. The SMILES string of the molecule is CC(C)[C@H](NC(=O)C[C@@H]1CCC(=O)N1Cc1cccc(F)c1F)C(=O)OCc1ccc(F)cc1. The zero-order valence-electron chi connectivity index (χ0n) is 19.0. The number of carbonyl (C=O) groups excluding carboxylic acids is 3. The summed E-state index contributed by atoms with van der Waals surface area (Å²) >= 11 is 0. The third-order valence-electron chi connectivity index (χ3n) is 5.78. The molecule has 2 atom stereocenters. The van der Waals surface area contributed by atoms with Crippen molar-refractivity contribution in [3.63, 3.8) is 0 Å². The second kappa shape index (κ2) is 11.2. The first-order chi connectivity index (χ1) is 16.2. The van der Waals surface area contributed by atoms with Crippen molar-refractivity contribution in [2.75, 3.05) is 0 Å². The van der Waals surface area contributed by atoms with Crippen LogP contribution in [0.5, 0.6) is 0 Å². The number of carbonyl (C=O) groups is 3. The molecule has 9 heteroatoms. The van der Waals surface area contributed by atoms with E-state index in [4.69, 9.17) is 4.74 Å². The Labute approximate surface area is 196 Å². The molecule has 1 N–H and O–H groups in total. The number of amides is 2. The second-order valence-corrected chi connectivity index (χ2v) is 8.65. The minimum Gasteiger partial charge on any atom is -0.459 e. The predicted octanol–water partition coefficient (Wildman–Crippen LogP) is 3.87. The van der Waals surface area contributed by atoms with Gasteiger partial charge in [-0.25, -0.2) is 18.0 Å². The van der Waals surface area contributed by atoms with Gasteiger partial charge in [-0.1, -0.05) is 38.1 Å².